The minimum Gasteiger partial charge on any atom is -0.344 e. The predicted octanol–water partition coefficient (Wildman–Crippen LogP) is 1.35. The van der Waals surface area contributed by atoms with Crippen molar-refractivity contribution in [1.82, 2.24) is 10.3 Å². The maximum Gasteiger partial charge on any atom is 0.249 e. The molecule has 1 aromatic heterocycles. The first kappa shape index (κ1) is 13.1. The predicted molar refractivity (Wildman–Crippen MR) is 75.0 cm³/mol. The highest BCUT2D eigenvalue weighted by Crippen LogP contribution is 2.37. The molecule has 20 heavy (non-hydrogen) atoms. The molecule has 3 atom stereocenters. The van der Waals surface area contributed by atoms with Crippen LogP contribution >= 0.6 is 0 Å². The van der Waals surface area contributed by atoms with E-state index in [1.165, 1.54) is 0 Å². The highest BCUT2D eigenvalue weighted by Gasteiger charge is 2.41. The summed E-state index contributed by atoms with van der Waals surface area (Å²) < 4.78 is 0. The number of nitrogens with zero attached hydrogens (tertiary/aromatic N) is 2. The lowest BCUT2D eigenvalue weighted by molar-refractivity contribution is -0.129. The maximum absolute atomic E-state index is 12.5. The summed E-state index contributed by atoms with van der Waals surface area (Å²) in [6.45, 7) is 2.76. The first-order valence-electron chi connectivity index (χ1n) is 7.18. The van der Waals surface area contributed by atoms with E-state index in [0.29, 0.717) is 12.5 Å². The minimum absolute atomic E-state index is 0.0223. The van der Waals surface area contributed by atoms with Gasteiger partial charge in [-0.3, -0.25) is 14.6 Å². The number of hydrogen-bond acceptors (Lipinski definition) is 3. The van der Waals surface area contributed by atoms with E-state index in [1.807, 2.05) is 12.1 Å². The van der Waals surface area contributed by atoms with Crippen molar-refractivity contribution in [2.75, 3.05) is 11.4 Å². The van der Waals surface area contributed by atoms with Gasteiger partial charge in [-0.15, -0.1) is 0 Å². The maximum atomic E-state index is 12.5. The molecule has 5 nitrogen and oxygen atoms in total. The van der Waals surface area contributed by atoms with Gasteiger partial charge in [-0.1, -0.05) is 6.92 Å². The van der Waals surface area contributed by atoms with Crippen LogP contribution in [0.3, 0.4) is 0 Å². The second-order valence-electron chi connectivity index (χ2n) is 5.72. The molecule has 2 fully saturated rings. The van der Waals surface area contributed by atoms with Crippen LogP contribution in [0.25, 0.3) is 0 Å². The molecule has 1 N–H and O–H groups in total. The van der Waals surface area contributed by atoms with E-state index in [1.54, 1.807) is 17.3 Å². The molecular weight excluding hydrogens is 254 g/mol. The third kappa shape index (κ3) is 2.53. The lowest BCUT2D eigenvalue weighted by Gasteiger charge is -2.32. The number of anilines is 1. The Kier molecular flexibility index (Phi) is 3.42. The largest absolute Gasteiger partial charge is 0.344 e. The topological polar surface area (TPSA) is 62.3 Å². The zero-order valence-corrected chi connectivity index (χ0v) is 11.6. The average Bonchev–Trinajstić information content (AvgIpc) is 3.19. The molecule has 0 spiro atoms. The van der Waals surface area contributed by atoms with E-state index in [4.69, 9.17) is 0 Å². The Morgan fingerprint density at radius 1 is 1.50 bits per heavy atom. The van der Waals surface area contributed by atoms with Crippen LogP contribution in [0, 0.1) is 11.8 Å². The van der Waals surface area contributed by atoms with Crippen LogP contribution in [-0.2, 0) is 9.59 Å². The normalized spacial score (nSPS) is 29.1. The summed E-state index contributed by atoms with van der Waals surface area (Å²) in [5, 5.41) is 2.91. The standard InChI is InChI=1S/C15H19N3O2/c1-10-8-12(10)14(19)17-13-5-3-7-18(15(13)20)11-4-2-6-16-9-11/h2,4,6,9-10,12-13H,3,5,7-8H2,1H3,(H,17,19)/t10-,12-,13-/m1/s1. The number of pyridine rings is 1. The quantitative estimate of drug-likeness (QED) is 0.904. The van der Waals surface area contributed by atoms with Gasteiger partial charge >= 0.3 is 0 Å². The summed E-state index contributed by atoms with van der Waals surface area (Å²) >= 11 is 0. The van der Waals surface area contributed by atoms with Crippen LogP contribution in [-0.4, -0.2) is 29.4 Å². The van der Waals surface area contributed by atoms with Crippen molar-refractivity contribution in [1.29, 1.82) is 0 Å². The highest BCUT2D eigenvalue weighted by atomic mass is 16.2. The minimum atomic E-state index is -0.385. The Morgan fingerprint density at radius 2 is 2.30 bits per heavy atom. The summed E-state index contributed by atoms with van der Waals surface area (Å²) in [5.74, 6) is 0.578. The number of hydrogen-bond donors (Lipinski definition) is 1. The second-order valence-corrected chi connectivity index (χ2v) is 5.72. The van der Waals surface area contributed by atoms with Crippen molar-refractivity contribution in [3.63, 3.8) is 0 Å². The van der Waals surface area contributed by atoms with Crippen LogP contribution in [0.2, 0.25) is 0 Å². The molecule has 2 heterocycles. The number of piperidine rings is 1. The van der Waals surface area contributed by atoms with E-state index in [0.717, 1.165) is 24.9 Å². The Labute approximate surface area is 118 Å². The molecule has 0 radical (unpaired) electrons. The van der Waals surface area contributed by atoms with E-state index >= 15 is 0 Å². The number of carbonyl (C=O) groups is 2. The summed E-state index contributed by atoms with van der Waals surface area (Å²) in [6.07, 6.45) is 5.93. The van der Waals surface area contributed by atoms with Gasteiger partial charge in [0.15, 0.2) is 0 Å². The number of amides is 2. The number of carbonyl (C=O) groups excluding carboxylic acids is 2. The molecule has 0 bridgehead atoms. The molecule has 0 aromatic carbocycles. The van der Waals surface area contributed by atoms with E-state index in [9.17, 15) is 9.59 Å². The zero-order chi connectivity index (χ0) is 14.1. The van der Waals surface area contributed by atoms with E-state index in [-0.39, 0.29) is 23.8 Å². The fourth-order valence-electron chi connectivity index (χ4n) is 2.75. The van der Waals surface area contributed by atoms with Crippen molar-refractivity contribution >= 4 is 17.5 Å². The monoisotopic (exact) mass is 273 g/mol. The van der Waals surface area contributed by atoms with E-state index < -0.39 is 0 Å². The number of aromatic nitrogens is 1. The van der Waals surface area contributed by atoms with Crippen LogP contribution in [0.1, 0.15) is 26.2 Å². The van der Waals surface area contributed by atoms with Crippen molar-refractivity contribution in [3.8, 4) is 0 Å². The van der Waals surface area contributed by atoms with Crippen LogP contribution in [0.5, 0.6) is 0 Å². The first-order valence-corrected chi connectivity index (χ1v) is 7.18. The van der Waals surface area contributed by atoms with Crippen LogP contribution < -0.4 is 10.2 Å². The molecule has 1 saturated carbocycles. The third-order valence-electron chi connectivity index (χ3n) is 4.16. The Morgan fingerprint density at radius 3 is 2.95 bits per heavy atom. The number of rotatable bonds is 3. The van der Waals surface area contributed by atoms with Crippen LogP contribution in [0.15, 0.2) is 24.5 Å². The molecule has 2 aliphatic rings. The van der Waals surface area contributed by atoms with Gasteiger partial charge < -0.3 is 10.2 Å². The molecule has 1 aliphatic heterocycles. The van der Waals surface area contributed by atoms with E-state index in [2.05, 4.69) is 17.2 Å². The summed E-state index contributed by atoms with van der Waals surface area (Å²) in [5.41, 5.74) is 0.802. The molecule has 0 unspecified atom stereocenters. The Hall–Kier alpha value is -1.91. The molecule has 1 aliphatic carbocycles. The molecule has 106 valence electrons. The fraction of sp³-hybridized carbons (Fsp3) is 0.533. The first-order chi connectivity index (χ1) is 9.66. The average molecular weight is 273 g/mol. The van der Waals surface area contributed by atoms with Crippen molar-refractivity contribution in [2.45, 2.75) is 32.2 Å². The molecule has 1 aromatic rings. The summed E-state index contributed by atoms with van der Waals surface area (Å²) in [7, 11) is 0. The Balaban J connectivity index is 1.67. The lowest BCUT2D eigenvalue weighted by Crippen LogP contribution is -2.52. The van der Waals surface area contributed by atoms with Gasteiger partial charge in [0.05, 0.1) is 11.9 Å². The lowest BCUT2D eigenvalue weighted by atomic mass is 10.0. The van der Waals surface area contributed by atoms with Gasteiger partial charge in [0.1, 0.15) is 6.04 Å². The van der Waals surface area contributed by atoms with Gasteiger partial charge in [0, 0.05) is 18.7 Å². The summed E-state index contributed by atoms with van der Waals surface area (Å²) in [6, 6.07) is 3.30. The fourth-order valence-corrected chi connectivity index (χ4v) is 2.75. The van der Waals surface area contributed by atoms with Gasteiger partial charge in [-0.05, 0) is 37.3 Å². The molecular formula is C15H19N3O2. The van der Waals surface area contributed by atoms with Gasteiger partial charge in [0.25, 0.3) is 0 Å². The SMILES string of the molecule is C[C@@H]1C[C@H]1C(=O)N[C@@H]1CCCN(c2cccnc2)C1=O. The highest BCUT2D eigenvalue weighted by molar-refractivity contribution is 6.00. The van der Waals surface area contributed by atoms with Gasteiger partial charge in [-0.2, -0.15) is 0 Å². The van der Waals surface area contributed by atoms with Crippen LogP contribution in [0.4, 0.5) is 5.69 Å². The van der Waals surface area contributed by atoms with Crippen molar-refractivity contribution < 1.29 is 9.59 Å². The number of nitrogens with one attached hydrogen (secondary N) is 1. The summed E-state index contributed by atoms with van der Waals surface area (Å²) in [4.78, 5) is 30.2. The molecule has 1 saturated heterocycles. The smallest absolute Gasteiger partial charge is 0.249 e. The molecule has 3 rings (SSSR count). The van der Waals surface area contributed by atoms with Gasteiger partial charge in [-0.25, -0.2) is 0 Å². The van der Waals surface area contributed by atoms with Crippen molar-refractivity contribution in [2.24, 2.45) is 11.8 Å². The third-order valence-corrected chi connectivity index (χ3v) is 4.16. The van der Waals surface area contributed by atoms with Crippen molar-refractivity contribution in [3.05, 3.63) is 24.5 Å². The zero-order valence-electron chi connectivity index (χ0n) is 11.6. The second kappa shape index (κ2) is 5.23. The van der Waals surface area contributed by atoms with Gasteiger partial charge in [0.2, 0.25) is 11.8 Å². The molecule has 2 amide bonds. The molecule has 5 heteroatoms. The Bertz CT molecular complexity index is 517.